The van der Waals surface area contributed by atoms with Gasteiger partial charge in [0, 0.05) is 24.3 Å². The van der Waals surface area contributed by atoms with E-state index in [9.17, 15) is 4.79 Å². The molecule has 0 saturated carbocycles. The van der Waals surface area contributed by atoms with E-state index in [0.717, 1.165) is 24.1 Å². The van der Waals surface area contributed by atoms with Gasteiger partial charge in [0.2, 0.25) is 0 Å². The number of halogens is 1. The van der Waals surface area contributed by atoms with Gasteiger partial charge in [0.1, 0.15) is 0 Å². The van der Waals surface area contributed by atoms with Crippen molar-refractivity contribution in [1.82, 2.24) is 4.90 Å². The second-order valence-corrected chi connectivity index (χ2v) is 8.64. The first-order valence-electron chi connectivity index (χ1n) is 11.2. The van der Waals surface area contributed by atoms with Crippen LogP contribution in [-0.2, 0) is 24.1 Å². The molecule has 0 aromatic heterocycles. The van der Waals surface area contributed by atoms with Crippen LogP contribution in [0.2, 0.25) is 0 Å². The number of anilines is 1. The van der Waals surface area contributed by atoms with Crippen molar-refractivity contribution in [1.29, 1.82) is 0 Å². The largest absolute Gasteiger partial charge is 0.372 e. The lowest BCUT2D eigenvalue weighted by atomic mass is 9.90. The molecule has 0 bridgehead atoms. The fraction of sp³-hybridized carbons (Fsp3) is 0.440. The monoisotopic (exact) mass is 548 g/mol. The fourth-order valence-electron chi connectivity index (χ4n) is 4.53. The smallest absolute Gasteiger partial charge is 0.254 e. The number of aryl methyl sites for hydroxylation is 1. The minimum absolute atomic E-state index is 0. The van der Waals surface area contributed by atoms with Crippen molar-refractivity contribution in [3.8, 4) is 0 Å². The van der Waals surface area contributed by atoms with Gasteiger partial charge in [-0.25, -0.2) is 4.99 Å². The summed E-state index contributed by atoms with van der Waals surface area (Å²) in [6.45, 7) is 5.72. The van der Waals surface area contributed by atoms with Crippen LogP contribution in [0.15, 0.2) is 47.5 Å². The lowest BCUT2D eigenvalue weighted by molar-refractivity contribution is -0.0586. The van der Waals surface area contributed by atoms with Crippen LogP contribution in [0.1, 0.15) is 53.7 Å². The van der Waals surface area contributed by atoms with Gasteiger partial charge in [0.05, 0.1) is 18.8 Å². The molecule has 4 rings (SSSR count). The van der Waals surface area contributed by atoms with Crippen LogP contribution >= 0.6 is 24.0 Å². The minimum Gasteiger partial charge on any atom is -0.372 e. The van der Waals surface area contributed by atoms with Gasteiger partial charge in [0.15, 0.2) is 5.96 Å². The Kier molecular flexibility index (Phi) is 8.53. The summed E-state index contributed by atoms with van der Waals surface area (Å²) in [6.07, 6.45) is 4.81. The number of morpholine rings is 1. The summed E-state index contributed by atoms with van der Waals surface area (Å²) in [5, 5.41) is 3.28. The number of amides is 1. The third-order valence-electron chi connectivity index (χ3n) is 6.00. The van der Waals surface area contributed by atoms with Crippen LogP contribution < -0.4 is 11.1 Å². The summed E-state index contributed by atoms with van der Waals surface area (Å²) in [4.78, 5) is 19.2. The van der Waals surface area contributed by atoms with Crippen LogP contribution in [0.3, 0.4) is 0 Å². The fourth-order valence-corrected chi connectivity index (χ4v) is 4.53. The zero-order valence-electron chi connectivity index (χ0n) is 18.8. The molecule has 3 N–H and O–H groups in total. The van der Waals surface area contributed by atoms with Crippen LogP contribution in [0.25, 0.3) is 0 Å². The highest BCUT2D eigenvalue weighted by Gasteiger charge is 2.26. The van der Waals surface area contributed by atoms with E-state index in [2.05, 4.69) is 28.5 Å². The van der Waals surface area contributed by atoms with Gasteiger partial charge in [-0.2, -0.15) is 0 Å². The molecule has 7 heteroatoms. The average molecular weight is 548 g/mol. The molecule has 2 aromatic rings. The molecular weight excluding hydrogens is 515 g/mol. The molecule has 2 aromatic carbocycles. The predicted molar refractivity (Wildman–Crippen MR) is 140 cm³/mol. The van der Waals surface area contributed by atoms with Crippen LogP contribution in [0, 0.1) is 0 Å². The Morgan fingerprint density at radius 2 is 1.78 bits per heavy atom. The highest BCUT2D eigenvalue weighted by atomic mass is 127. The van der Waals surface area contributed by atoms with Gasteiger partial charge in [-0.1, -0.05) is 24.3 Å². The lowest BCUT2D eigenvalue weighted by Crippen LogP contribution is -2.48. The number of fused-ring (bicyclic) bond motifs is 1. The van der Waals surface area contributed by atoms with Gasteiger partial charge < -0.3 is 20.7 Å². The van der Waals surface area contributed by atoms with Gasteiger partial charge in [-0.05, 0) is 74.4 Å². The Labute approximate surface area is 207 Å². The molecule has 1 aliphatic heterocycles. The van der Waals surface area contributed by atoms with Gasteiger partial charge in [-0.3, -0.25) is 4.79 Å². The lowest BCUT2D eigenvalue weighted by Gasteiger charge is -2.35. The summed E-state index contributed by atoms with van der Waals surface area (Å²) in [7, 11) is 0. The van der Waals surface area contributed by atoms with E-state index in [0.29, 0.717) is 31.2 Å². The Balaban J connectivity index is 0.00000289. The number of hydrogen-bond acceptors (Lipinski definition) is 3. The number of aliphatic imine (C=N–C) groups is 1. The third kappa shape index (κ3) is 6.01. The standard InChI is InChI=1S/C25H32N4O2.HI/c1-17-15-29(16-18(2)31-17)24(30)21-12-10-19(11-13-21)14-27-25(26)28-23-9-5-7-20-6-3-4-8-22(20)23;/h5,7,9-13,17-18H,3-4,6,8,14-16H2,1-2H3,(H3,26,27,28);1H. The zero-order chi connectivity index (χ0) is 21.8. The van der Waals surface area contributed by atoms with E-state index >= 15 is 0 Å². The molecular formula is C25H33IN4O2. The number of nitrogens with zero attached hydrogens (tertiary/aromatic N) is 2. The summed E-state index contributed by atoms with van der Waals surface area (Å²) >= 11 is 0. The molecule has 1 aliphatic carbocycles. The average Bonchev–Trinajstić information content (AvgIpc) is 2.77. The summed E-state index contributed by atoms with van der Waals surface area (Å²) in [5.41, 5.74) is 11.7. The quantitative estimate of drug-likeness (QED) is 0.338. The Bertz CT molecular complexity index is 951. The molecule has 2 atom stereocenters. The highest BCUT2D eigenvalue weighted by molar-refractivity contribution is 14.0. The SMILES string of the molecule is CC1CN(C(=O)c2ccc(CN=C(N)Nc3cccc4c3CCCC4)cc2)CC(C)O1.I. The third-order valence-corrected chi connectivity index (χ3v) is 6.00. The Hall–Kier alpha value is -2.13. The van der Waals surface area contributed by atoms with E-state index in [1.54, 1.807) is 0 Å². The van der Waals surface area contributed by atoms with E-state index < -0.39 is 0 Å². The first-order valence-corrected chi connectivity index (χ1v) is 11.2. The number of nitrogens with two attached hydrogens (primary N) is 1. The molecule has 1 heterocycles. The maximum Gasteiger partial charge on any atom is 0.254 e. The van der Waals surface area contributed by atoms with E-state index in [4.69, 9.17) is 10.5 Å². The van der Waals surface area contributed by atoms with Crippen molar-refractivity contribution in [3.05, 3.63) is 64.7 Å². The number of ether oxygens (including phenoxy) is 1. The Morgan fingerprint density at radius 3 is 2.50 bits per heavy atom. The topological polar surface area (TPSA) is 80.0 Å². The first-order chi connectivity index (χ1) is 15.0. The first kappa shape index (κ1) is 24.5. The van der Waals surface area contributed by atoms with Crippen molar-refractivity contribution < 1.29 is 9.53 Å². The van der Waals surface area contributed by atoms with Crippen LogP contribution in [-0.4, -0.2) is 42.1 Å². The molecule has 6 nitrogen and oxygen atoms in total. The van der Waals surface area contributed by atoms with E-state index in [1.807, 2.05) is 43.0 Å². The van der Waals surface area contributed by atoms with E-state index in [1.165, 1.54) is 24.0 Å². The predicted octanol–water partition coefficient (Wildman–Crippen LogP) is 4.36. The number of rotatable bonds is 4. The molecule has 2 aliphatic rings. The van der Waals surface area contributed by atoms with Crippen LogP contribution in [0.5, 0.6) is 0 Å². The highest BCUT2D eigenvalue weighted by Crippen LogP contribution is 2.27. The van der Waals surface area contributed by atoms with Crippen molar-refractivity contribution >= 4 is 41.5 Å². The number of hydrogen-bond donors (Lipinski definition) is 2. The molecule has 0 spiro atoms. The Morgan fingerprint density at radius 1 is 1.09 bits per heavy atom. The van der Waals surface area contributed by atoms with Crippen molar-refractivity contribution in [2.24, 2.45) is 10.7 Å². The zero-order valence-corrected chi connectivity index (χ0v) is 21.2. The summed E-state index contributed by atoms with van der Waals surface area (Å²) in [5.74, 6) is 0.461. The number of carbonyl (C=O) groups is 1. The van der Waals surface area contributed by atoms with E-state index in [-0.39, 0.29) is 42.1 Å². The minimum atomic E-state index is 0. The summed E-state index contributed by atoms with van der Waals surface area (Å²) < 4.78 is 5.72. The molecule has 172 valence electrons. The molecule has 0 radical (unpaired) electrons. The van der Waals surface area contributed by atoms with Crippen molar-refractivity contribution in [3.63, 3.8) is 0 Å². The molecule has 1 saturated heterocycles. The number of carbonyl (C=O) groups excluding carboxylic acids is 1. The summed E-state index contributed by atoms with van der Waals surface area (Å²) in [6, 6.07) is 14.0. The van der Waals surface area contributed by atoms with Crippen molar-refractivity contribution in [2.75, 3.05) is 18.4 Å². The van der Waals surface area contributed by atoms with Gasteiger partial charge in [0.25, 0.3) is 5.91 Å². The van der Waals surface area contributed by atoms with Crippen LogP contribution in [0.4, 0.5) is 5.69 Å². The molecule has 1 fully saturated rings. The molecule has 1 amide bonds. The number of guanidine groups is 1. The van der Waals surface area contributed by atoms with Gasteiger partial charge in [-0.15, -0.1) is 24.0 Å². The second kappa shape index (κ2) is 11.1. The number of nitrogens with one attached hydrogen (secondary N) is 1. The normalized spacial score (nSPS) is 20.8. The molecule has 2 unspecified atom stereocenters. The number of benzene rings is 2. The molecule has 32 heavy (non-hydrogen) atoms. The van der Waals surface area contributed by atoms with Crippen molar-refractivity contribution in [2.45, 2.75) is 58.3 Å². The maximum atomic E-state index is 12.8. The van der Waals surface area contributed by atoms with Gasteiger partial charge >= 0.3 is 0 Å². The second-order valence-electron chi connectivity index (χ2n) is 8.64. The maximum absolute atomic E-state index is 12.8.